The molecule has 0 unspecified atom stereocenters. The lowest BCUT2D eigenvalue weighted by Gasteiger charge is -2.04. The summed E-state index contributed by atoms with van der Waals surface area (Å²) in [7, 11) is 0. The van der Waals surface area contributed by atoms with Crippen LogP contribution in [-0.4, -0.2) is 12.5 Å². The van der Waals surface area contributed by atoms with Crippen molar-refractivity contribution < 1.29 is 4.79 Å². The summed E-state index contributed by atoms with van der Waals surface area (Å²) in [6, 6.07) is 5.22. The minimum Gasteiger partial charge on any atom is -0.341 e. The van der Waals surface area contributed by atoms with E-state index in [1.165, 1.54) is 0 Å². The molecule has 1 aromatic carbocycles. The smallest absolute Gasteiger partial charge is 0.253 e. The van der Waals surface area contributed by atoms with E-state index in [-0.39, 0.29) is 5.91 Å². The first kappa shape index (κ1) is 12.3. The third-order valence-electron chi connectivity index (χ3n) is 1.69. The van der Waals surface area contributed by atoms with Gasteiger partial charge in [0, 0.05) is 8.59 Å². The van der Waals surface area contributed by atoms with Crippen LogP contribution in [-0.2, 0) is 0 Å². The highest BCUT2D eigenvalue weighted by Gasteiger charge is 2.08. The number of carbonyl (C=O) groups excluding carboxylic acids is 1. The number of carbonyl (C=O) groups is 1. The number of nitrogens with one attached hydrogen (secondary N) is 1. The first-order chi connectivity index (χ1) is 7.15. The molecule has 0 saturated carbocycles. The zero-order valence-corrected chi connectivity index (χ0v) is 11.0. The number of benzene rings is 1. The van der Waals surface area contributed by atoms with Gasteiger partial charge < -0.3 is 5.32 Å². The Balaban J connectivity index is 2.80. The minimum atomic E-state index is -0.148. The molecule has 0 radical (unpaired) electrons. The average Bonchev–Trinajstić information content (AvgIpc) is 2.22. The van der Waals surface area contributed by atoms with Gasteiger partial charge >= 0.3 is 0 Å². The van der Waals surface area contributed by atoms with Crippen molar-refractivity contribution in [2.75, 3.05) is 6.54 Å². The van der Waals surface area contributed by atoms with Crippen LogP contribution < -0.4 is 5.32 Å². The molecule has 0 aliphatic rings. The van der Waals surface area contributed by atoms with Gasteiger partial charge in [0.05, 0.1) is 12.1 Å². The number of amides is 1. The van der Waals surface area contributed by atoms with Gasteiger partial charge in [-0.25, -0.2) is 0 Å². The third-order valence-corrected chi connectivity index (χ3v) is 2.86. The highest BCUT2D eigenvalue weighted by Crippen LogP contribution is 2.17. The molecule has 0 bridgehead atoms. The molecular formula is C11H9ClINO. The fourth-order valence-corrected chi connectivity index (χ4v) is 1.73. The van der Waals surface area contributed by atoms with Crippen molar-refractivity contribution in [2.24, 2.45) is 0 Å². The van der Waals surface area contributed by atoms with Crippen molar-refractivity contribution in [3.05, 3.63) is 32.4 Å². The quantitative estimate of drug-likeness (QED) is 0.654. The summed E-state index contributed by atoms with van der Waals surface area (Å²) in [4.78, 5) is 11.7. The maximum absolute atomic E-state index is 11.7. The Morgan fingerprint density at radius 1 is 1.60 bits per heavy atom. The van der Waals surface area contributed by atoms with E-state index in [0.29, 0.717) is 17.1 Å². The van der Waals surface area contributed by atoms with E-state index in [9.17, 15) is 4.79 Å². The Bertz CT molecular complexity index is 434. The molecule has 1 N–H and O–H groups in total. The Labute approximate surface area is 108 Å². The van der Waals surface area contributed by atoms with E-state index in [1.54, 1.807) is 19.1 Å². The molecule has 15 heavy (non-hydrogen) atoms. The monoisotopic (exact) mass is 333 g/mol. The first-order valence-electron chi connectivity index (χ1n) is 4.28. The van der Waals surface area contributed by atoms with E-state index in [2.05, 4.69) is 39.7 Å². The molecule has 2 nitrogen and oxygen atoms in total. The van der Waals surface area contributed by atoms with Crippen LogP contribution in [0, 0.1) is 15.4 Å². The number of hydrogen-bond acceptors (Lipinski definition) is 1. The molecular weight excluding hydrogens is 324 g/mol. The fraction of sp³-hybridized carbons (Fsp3) is 0.182. The van der Waals surface area contributed by atoms with Crippen LogP contribution in [0.15, 0.2) is 18.2 Å². The van der Waals surface area contributed by atoms with Gasteiger partial charge in [-0.3, -0.25) is 4.79 Å². The van der Waals surface area contributed by atoms with E-state index in [1.807, 2.05) is 6.07 Å². The van der Waals surface area contributed by atoms with Gasteiger partial charge in [0.1, 0.15) is 0 Å². The van der Waals surface area contributed by atoms with Crippen LogP contribution in [0.2, 0.25) is 5.02 Å². The van der Waals surface area contributed by atoms with Gasteiger partial charge in [0.15, 0.2) is 0 Å². The summed E-state index contributed by atoms with van der Waals surface area (Å²) in [5, 5.41) is 3.25. The van der Waals surface area contributed by atoms with Crippen LogP contribution in [0.3, 0.4) is 0 Å². The molecule has 0 saturated heterocycles. The number of hydrogen-bond donors (Lipinski definition) is 1. The Hall–Kier alpha value is -0.730. The van der Waals surface area contributed by atoms with Gasteiger partial charge in [0.25, 0.3) is 5.91 Å². The number of halogens is 2. The van der Waals surface area contributed by atoms with Gasteiger partial charge in [-0.05, 0) is 47.7 Å². The van der Waals surface area contributed by atoms with Gasteiger partial charge in [0.2, 0.25) is 0 Å². The first-order valence-corrected chi connectivity index (χ1v) is 5.73. The van der Waals surface area contributed by atoms with Crippen molar-refractivity contribution in [1.82, 2.24) is 5.32 Å². The second-order valence-corrected chi connectivity index (χ2v) is 4.33. The third kappa shape index (κ3) is 3.73. The van der Waals surface area contributed by atoms with Crippen LogP contribution in [0.1, 0.15) is 17.3 Å². The van der Waals surface area contributed by atoms with Crippen molar-refractivity contribution in [3.63, 3.8) is 0 Å². The zero-order valence-electron chi connectivity index (χ0n) is 8.10. The lowest BCUT2D eigenvalue weighted by atomic mass is 10.2. The molecule has 4 heteroatoms. The molecule has 1 rings (SSSR count). The zero-order chi connectivity index (χ0) is 11.3. The molecule has 0 spiro atoms. The summed E-state index contributed by atoms with van der Waals surface area (Å²) >= 11 is 7.91. The summed E-state index contributed by atoms with van der Waals surface area (Å²) in [5.74, 6) is 5.32. The molecule has 0 heterocycles. The maximum Gasteiger partial charge on any atom is 0.253 e. The van der Waals surface area contributed by atoms with E-state index in [4.69, 9.17) is 11.6 Å². The van der Waals surface area contributed by atoms with Gasteiger partial charge in [-0.1, -0.05) is 17.5 Å². The van der Waals surface area contributed by atoms with Gasteiger partial charge in [-0.15, -0.1) is 5.92 Å². The van der Waals surface area contributed by atoms with Crippen molar-refractivity contribution >= 4 is 40.1 Å². The minimum absolute atomic E-state index is 0.148. The van der Waals surface area contributed by atoms with Crippen molar-refractivity contribution in [1.29, 1.82) is 0 Å². The van der Waals surface area contributed by atoms with Crippen molar-refractivity contribution in [2.45, 2.75) is 6.92 Å². The Kier molecular flexibility index (Phi) is 4.92. The summed E-state index contributed by atoms with van der Waals surface area (Å²) in [6.07, 6.45) is 0. The predicted octanol–water partition coefficient (Wildman–Crippen LogP) is 2.70. The standard InChI is InChI=1S/C11H9ClINO/c1-2-3-6-14-11(15)9-7-8(12)4-5-10(9)13/h4-5,7H,6H2,1H3,(H,14,15). The molecule has 0 aliphatic carbocycles. The molecule has 0 atom stereocenters. The highest BCUT2D eigenvalue weighted by molar-refractivity contribution is 14.1. The molecule has 0 fully saturated rings. The van der Waals surface area contributed by atoms with E-state index >= 15 is 0 Å². The maximum atomic E-state index is 11.7. The summed E-state index contributed by atoms with van der Waals surface area (Å²) in [5.41, 5.74) is 0.584. The van der Waals surface area contributed by atoms with E-state index < -0.39 is 0 Å². The topological polar surface area (TPSA) is 29.1 Å². The fourth-order valence-electron chi connectivity index (χ4n) is 0.980. The van der Waals surface area contributed by atoms with Crippen LogP contribution in [0.25, 0.3) is 0 Å². The highest BCUT2D eigenvalue weighted by atomic mass is 127. The predicted molar refractivity (Wildman–Crippen MR) is 70.0 cm³/mol. The van der Waals surface area contributed by atoms with E-state index in [0.717, 1.165) is 3.57 Å². The average molecular weight is 334 g/mol. The summed E-state index contributed by atoms with van der Waals surface area (Å²) < 4.78 is 0.874. The van der Waals surface area contributed by atoms with Gasteiger partial charge in [-0.2, -0.15) is 0 Å². The molecule has 78 valence electrons. The lowest BCUT2D eigenvalue weighted by Crippen LogP contribution is -2.24. The normalized spacial score (nSPS) is 9.00. The number of rotatable bonds is 2. The Morgan fingerprint density at radius 3 is 3.00 bits per heavy atom. The lowest BCUT2D eigenvalue weighted by molar-refractivity contribution is 0.0958. The van der Waals surface area contributed by atoms with Crippen LogP contribution >= 0.6 is 34.2 Å². The molecule has 0 aliphatic heterocycles. The second-order valence-electron chi connectivity index (χ2n) is 2.73. The summed E-state index contributed by atoms with van der Waals surface area (Å²) in [6.45, 7) is 2.09. The SMILES string of the molecule is CC#CCNC(=O)c1cc(Cl)ccc1I. The van der Waals surface area contributed by atoms with Crippen LogP contribution in [0.5, 0.6) is 0 Å². The van der Waals surface area contributed by atoms with Crippen LogP contribution in [0.4, 0.5) is 0 Å². The Morgan fingerprint density at radius 2 is 2.33 bits per heavy atom. The molecule has 1 aromatic rings. The largest absolute Gasteiger partial charge is 0.341 e. The van der Waals surface area contributed by atoms with Crippen molar-refractivity contribution in [3.8, 4) is 11.8 Å². The second kappa shape index (κ2) is 5.99. The molecule has 0 aromatic heterocycles. The molecule has 1 amide bonds.